The zero-order valence-electron chi connectivity index (χ0n) is 11.9. The van der Waals surface area contributed by atoms with E-state index in [2.05, 4.69) is 4.98 Å². The quantitative estimate of drug-likeness (QED) is 0.837. The number of nitrogens with zero attached hydrogens (tertiary/aromatic N) is 3. The van der Waals surface area contributed by atoms with Crippen LogP contribution in [0, 0.1) is 0 Å². The first kappa shape index (κ1) is 17.2. The number of pyridine rings is 1. The molecule has 0 atom stereocenters. The lowest BCUT2D eigenvalue weighted by Gasteiger charge is -2.35. The van der Waals surface area contributed by atoms with E-state index in [4.69, 9.17) is 11.6 Å². The molecule has 0 radical (unpaired) electrons. The van der Waals surface area contributed by atoms with E-state index in [1.54, 1.807) is 9.80 Å². The molecule has 1 aromatic heterocycles. The molecular formula is C13H15ClF3N3OS. The molecule has 0 N–H and O–H groups in total. The summed E-state index contributed by atoms with van der Waals surface area (Å²) in [6, 6.07) is 0.884. The summed E-state index contributed by atoms with van der Waals surface area (Å²) in [7, 11) is 0. The molecule has 4 nitrogen and oxygen atoms in total. The molecule has 22 heavy (non-hydrogen) atoms. The molecule has 0 unspecified atom stereocenters. The van der Waals surface area contributed by atoms with Gasteiger partial charge in [0.15, 0.2) is 0 Å². The Morgan fingerprint density at radius 1 is 1.36 bits per heavy atom. The first-order valence-electron chi connectivity index (χ1n) is 6.57. The number of piperazine rings is 1. The van der Waals surface area contributed by atoms with Crippen LogP contribution in [0.25, 0.3) is 0 Å². The lowest BCUT2D eigenvalue weighted by atomic mass is 10.2. The van der Waals surface area contributed by atoms with Gasteiger partial charge in [0, 0.05) is 32.4 Å². The van der Waals surface area contributed by atoms with Gasteiger partial charge in [0.1, 0.15) is 5.82 Å². The first-order chi connectivity index (χ1) is 10.3. The fourth-order valence-electron chi connectivity index (χ4n) is 2.20. The van der Waals surface area contributed by atoms with E-state index in [-0.39, 0.29) is 10.9 Å². The van der Waals surface area contributed by atoms with Gasteiger partial charge in [0.25, 0.3) is 0 Å². The molecule has 1 aliphatic rings. The summed E-state index contributed by atoms with van der Waals surface area (Å²) in [5.74, 6) is 0.824. The fourth-order valence-corrected chi connectivity index (χ4v) is 2.92. The molecule has 0 bridgehead atoms. The maximum absolute atomic E-state index is 12.6. The summed E-state index contributed by atoms with van der Waals surface area (Å²) in [6.07, 6.45) is -1.81. The molecule has 1 saturated heterocycles. The molecule has 0 saturated carbocycles. The van der Waals surface area contributed by atoms with Crippen molar-refractivity contribution in [2.75, 3.05) is 43.1 Å². The Labute approximate surface area is 135 Å². The number of anilines is 1. The normalized spacial score (nSPS) is 16.0. The lowest BCUT2D eigenvalue weighted by Crippen LogP contribution is -2.49. The van der Waals surface area contributed by atoms with Crippen molar-refractivity contribution >= 4 is 35.1 Å². The maximum Gasteiger partial charge on any atom is 0.417 e. The number of carbonyl (C=O) groups excluding carboxylic acids is 1. The largest absolute Gasteiger partial charge is 0.417 e. The summed E-state index contributed by atoms with van der Waals surface area (Å²) in [5.41, 5.74) is -0.866. The highest BCUT2D eigenvalue weighted by Crippen LogP contribution is 2.33. The zero-order chi connectivity index (χ0) is 16.3. The zero-order valence-corrected chi connectivity index (χ0v) is 13.4. The van der Waals surface area contributed by atoms with Crippen LogP contribution in [0.4, 0.5) is 19.0 Å². The predicted molar refractivity (Wildman–Crippen MR) is 81.4 cm³/mol. The highest BCUT2D eigenvalue weighted by Gasteiger charge is 2.32. The SMILES string of the molecule is CSCC(=O)N1CCN(c2ncc(C(F)(F)F)cc2Cl)CC1. The molecule has 1 fully saturated rings. The molecule has 1 amide bonds. The van der Waals surface area contributed by atoms with E-state index in [9.17, 15) is 18.0 Å². The average molecular weight is 354 g/mol. The Balaban J connectivity index is 2.04. The lowest BCUT2D eigenvalue weighted by molar-refractivity contribution is -0.137. The smallest absolute Gasteiger partial charge is 0.352 e. The first-order valence-corrected chi connectivity index (χ1v) is 8.34. The second-order valence-electron chi connectivity index (χ2n) is 4.83. The summed E-state index contributed by atoms with van der Waals surface area (Å²) in [4.78, 5) is 19.2. The molecule has 0 spiro atoms. The van der Waals surface area contributed by atoms with Gasteiger partial charge in [-0.2, -0.15) is 24.9 Å². The van der Waals surface area contributed by atoms with E-state index in [0.29, 0.717) is 37.7 Å². The number of hydrogen-bond donors (Lipinski definition) is 0. The number of alkyl halides is 3. The monoisotopic (exact) mass is 353 g/mol. The number of amides is 1. The Morgan fingerprint density at radius 3 is 2.50 bits per heavy atom. The van der Waals surface area contributed by atoms with Crippen LogP contribution >= 0.6 is 23.4 Å². The van der Waals surface area contributed by atoms with Gasteiger partial charge in [-0.1, -0.05) is 11.6 Å². The molecule has 9 heteroatoms. The molecule has 1 aromatic rings. The highest BCUT2D eigenvalue weighted by molar-refractivity contribution is 7.99. The number of rotatable bonds is 3. The second kappa shape index (κ2) is 6.95. The maximum atomic E-state index is 12.6. The van der Waals surface area contributed by atoms with Gasteiger partial charge in [-0.15, -0.1) is 0 Å². The molecule has 0 aromatic carbocycles. The number of aromatic nitrogens is 1. The number of halogens is 4. The number of hydrogen-bond acceptors (Lipinski definition) is 4. The van der Waals surface area contributed by atoms with Gasteiger partial charge in [-0.05, 0) is 12.3 Å². The molecule has 2 rings (SSSR count). The van der Waals surface area contributed by atoms with Crippen molar-refractivity contribution in [2.24, 2.45) is 0 Å². The molecule has 2 heterocycles. The Bertz CT molecular complexity index is 548. The van der Waals surface area contributed by atoms with Gasteiger partial charge >= 0.3 is 6.18 Å². The van der Waals surface area contributed by atoms with Crippen molar-refractivity contribution in [3.8, 4) is 0 Å². The number of carbonyl (C=O) groups is 1. The minimum atomic E-state index is -4.46. The van der Waals surface area contributed by atoms with Crippen LogP contribution in [0.1, 0.15) is 5.56 Å². The average Bonchev–Trinajstić information content (AvgIpc) is 2.46. The third-order valence-corrected chi connectivity index (χ3v) is 4.16. The van der Waals surface area contributed by atoms with Crippen molar-refractivity contribution in [1.82, 2.24) is 9.88 Å². The standard InChI is InChI=1S/C13H15ClF3N3OS/c1-22-8-11(21)19-2-4-20(5-3-19)12-10(14)6-9(7-18-12)13(15,16)17/h6-7H,2-5,8H2,1H3. The van der Waals surface area contributed by atoms with Crippen LogP contribution in [0.3, 0.4) is 0 Å². The molecule has 122 valence electrons. The number of thioether (sulfide) groups is 1. The minimum absolute atomic E-state index is 0.0290. The van der Waals surface area contributed by atoms with Crippen molar-refractivity contribution in [3.63, 3.8) is 0 Å². The van der Waals surface area contributed by atoms with Gasteiger partial charge in [0.2, 0.25) is 5.91 Å². The second-order valence-corrected chi connectivity index (χ2v) is 6.10. The van der Waals surface area contributed by atoms with Crippen molar-refractivity contribution in [1.29, 1.82) is 0 Å². The van der Waals surface area contributed by atoms with Gasteiger partial charge in [-0.3, -0.25) is 4.79 Å². The van der Waals surface area contributed by atoms with Crippen molar-refractivity contribution in [2.45, 2.75) is 6.18 Å². The Morgan fingerprint density at radius 2 is 2.00 bits per heavy atom. The summed E-state index contributed by atoms with van der Waals surface area (Å²) >= 11 is 7.39. The van der Waals surface area contributed by atoms with Gasteiger partial charge < -0.3 is 9.80 Å². The topological polar surface area (TPSA) is 36.4 Å². The molecule has 1 aliphatic heterocycles. The van der Waals surface area contributed by atoms with E-state index >= 15 is 0 Å². The Kier molecular flexibility index (Phi) is 5.44. The van der Waals surface area contributed by atoms with Crippen LogP contribution < -0.4 is 4.90 Å². The van der Waals surface area contributed by atoms with Crippen LogP contribution in [0.15, 0.2) is 12.3 Å². The summed E-state index contributed by atoms with van der Waals surface area (Å²) in [6.45, 7) is 2.02. The third-order valence-electron chi connectivity index (χ3n) is 3.35. The van der Waals surface area contributed by atoms with Crippen LogP contribution in [0.2, 0.25) is 5.02 Å². The third kappa shape index (κ3) is 3.98. The van der Waals surface area contributed by atoms with E-state index in [1.807, 2.05) is 6.26 Å². The summed E-state index contributed by atoms with van der Waals surface area (Å²) in [5, 5.41) is -0.0290. The van der Waals surface area contributed by atoms with Crippen LogP contribution in [-0.2, 0) is 11.0 Å². The Hall–Kier alpha value is -1.15. The van der Waals surface area contributed by atoms with E-state index < -0.39 is 11.7 Å². The van der Waals surface area contributed by atoms with Crippen LogP contribution in [0.5, 0.6) is 0 Å². The van der Waals surface area contributed by atoms with Crippen molar-refractivity contribution in [3.05, 3.63) is 22.8 Å². The minimum Gasteiger partial charge on any atom is -0.352 e. The fraction of sp³-hybridized carbons (Fsp3) is 0.538. The van der Waals surface area contributed by atoms with E-state index in [0.717, 1.165) is 12.3 Å². The van der Waals surface area contributed by atoms with Crippen LogP contribution in [-0.4, -0.2) is 54.0 Å². The van der Waals surface area contributed by atoms with E-state index in [1.165, 1.54) is 11.8 Å². The van der Waals surface area contributed by atoms with Gasteiger partial charge in [-0.25, -0.2) is 4.98 Å². The predicted octanol–water partition coefficient (Wildman–Crippen LogP) is 2.77. The molecular weight excluding hydrogens is 339 g/mol. The summed E-state index contributed by atoms with van der Waals surface area (Å²) < 4.78 is 37.8. The highest BCUT2D eigenvalue weighted by atomic mass is 35.5. The van der Waals surface area contributed by atoms with Crippen molar-refractivity contribution < 1.29 is 18.0 Å². The van der Waals surface area contributed by atoms with Gasteiger partial charge in [0.05, 0.1) is 16.3 Å². The molecule has 0 aliphatic carbocycles.